The van der Waals surface area contributed by atoms with Crippen LogP contribution in [0, 0.1) is 0 Å². The van der Waals surface area contributed by atoms with Gasteiger partial charge in [0, 0.05) is 19.6 Å². The van der Waals surface area contributed by atoms with Crippen molar-refractivity contribution in [2.24, 2.45) is 0 Å². The average molecular weight is 475 g/mol. The topological polar surface area (TPSA) is 63.2 Å². The molecule has 0 spiro atoms. The number of unbranched alkanes of at least 4 members (excludes halogenated alkanes) is 11. The third-order valence-corrected chi connectivity index (χ3v) is 5.44. The molecule has 198 valence electrons. The molecule has 0 bridgehead atoms. The molecule has 0 aromatic heterocycles. The van der Waals surface area contributed by atoms with E-state index in [1.54, 1.807) is 0 Å². The van der Waals surface area contributed by atoms with Crippen molar-refractivity contribution < 1.29 is 28.5 Å². The molecule has 0 amide bonds. The van der Waals surface area contributed by atoms with Crippen LogP contribution in [0.2, 0.25) is 0 Å². The number of carbonyl (C=O) groups is 1. The van der Waals surface area contributed by atoms with Crippen LogP contribution in [-0.4, -0.2) is 65.4 Å². The van der Waals surface area contributed by atoms with Gasteiger partial charge in [-0.25, -0.2) is 0 Å². The fraction of sp³-hybridized carbons (Fsp3) is 0.963. The summed E-state index contributed by atoms with van der Waals surface area (Å²) < 4.78 is 27.3. The molecular formula is C27H54O6. The van der Waals surface area contributed by atoms with Crippen LogP contribution in [0.15, 0.2) is 0 Å². The Bertz CT molecular complexity index is 378. The third kappa shape index (κ3) is 29.3. The maximum Gasteiger partial charge on any atom is 0.305 e. The van der Waals surface area contributed by atoms with Crippen LogP contribution in [0.1, 0.15) is 110 Å². The van der Waals surface area contributed by atoms with Gasteiger partial charge in [0.2, 0.25) is 0 Å². The molecule has 0 aliphatic rings. The summed E-state index contributed by atoms with van der Waals surface area (Å²) in [5.41, 5.74) is 0. The Morgan fingerprint density at radius 2 is 0.788 bits per heavy atom. The SMILES string of the molecule is CCCCCCCCCCCOCCOCCOCCOCCCC(=O)OCCCCCC. The maximum atomic E-state index is 11.6. The van der Waals surface area contributed by atoms with E-state index in [4.69, 9.17) is 23.7 Å². The lowest BCUT2D eigenvalue weighted by Gasteiger charge is -2.08. The zero-order valence-corrected chi connectivity index (χ0v) is 21.9. The molecule has 0 saturated heterocycles. The van der Waals surface area contributed by atoms with E-state index in [0.717, 1.165) is 25.9 Å². The van der Waals surface area contributed by atoms with E-state index in [1.165, 1.54) is 64.2 Å². The van der Waals surface area contributed by atoms with Crippen molar-refractivity contribution >= 4 is 5.97 Å². The van der Waals surface area contributed by atoms with E-state index in [0.29, 0.717) is 65.7 Å². The van der Waals surface area contributed by atoms with E-state index in [2.05, 4.69) is 13.8 Å². The highest BCUT2D eigenvalue weighted by atomic mass is 16.6. The van der Waals surface area contributed by atoms with Crippen LogP contribution in [0.5, 0.6) is 0 Å². The Morgan fingerprint density at radius 3 is 1.30 bits per heavy atom. The average Bonchev–Trinajstić information content (AvgIpc) is 2.82. The van der Waals surface area contributed by atoms with Gasteiger partial charge in [-0.1, -0.05) is 84.5 Å². The van der Waals surface area contributed by atoms with Gasteiger partial charge in [-0.15, -0.1) is 0 Å². The fourth-order valence-electron chi connectivity index (χ4n) is 3.38. The van der Waals surface area contributed by atoms with Gasteiger partial charge < -0.3 is 23.7 Å². The molecular weight excluding hydrogens is 420 g/mol. The minimum Gasteiger partial charge on any atom is -0.466 e. The highest BCUT2D eigenvalue weighted by Crippen LogP contribution is 2.09. The van der Waals surface area contributed by atoms with Crippen LogP contribution in [0.3, 0.4) is 0 Å². The molecule has 0 radical (unpaired) electrons. The van der Waals surface area contributed by atoms with Gasteiger partial charge in [0.25, 0.3) is 0 Å². The molecule has 0 unspecified atom stereocenters. The molecule has 0 saturated carbocycles. The summed E-state index contributed by atoms with van der Waals surface area (Å²) in [5, 5.41) is 0. The standard InChI is InChI=1S/C27H54O6/c1-3-5-7-9-10-11-12-13-14-18-29-21-23-31-25-26-32-24-22-30-19-16-17-27(28)33-20-15-8-6-4-2/h3-26H2,1-2H3. The molecule has 0 aromatic rings. The second kappa shape index (κ2) is 29.3. The normalized spacial score (nSPS) is 11.2. The number of esters is 1. The van der Waals surface area contributed by atoms with Crippen LogP contribution >= 0.6 is 0 Å². The first-order valence-corrected chi connectivity index (χ1v) is 13.8. The smallest absolute Gasteiger partial charge is 0.305 e. The lowest BCUT2D eigenvalue weighted by Crippen LogP contribution is -2.12. The molecule has 0 aliphatic carbocycles. The summed E-state index contributed by atoms with van der Waals surface area (Å²) in [7, 11) is 0. The van der Waals surface area contributed by atoms with Gasteiger partial charge in [-0.05, 0) is 19.3 Å². The highest BCUT2D eigenvalue weighted by Gasteiger charge is 2.02. The fourth-order valence-corrected chi connectivity index (χ4v) is 3.38. The zero-order chi connectivity index (χ0) is 24.1. The number of ether oxygens (including phenoxy) is 5. The molecule has 33 heavy (non-hydrogen) atoms. The summed E-state index contributed by atoms with van der Waals surface area (Å²) in [6.45, 7) is 9.85. The number of carbonyl (C=O) groups excluding carboxylic acids is 1. The van der Waals surface area contributed by atoms with Crippen LogP contribution < -0.4 is 0 Å². The van der Waals surface area contributed by atoms with Crippen molar-refractivity contribution in [2.45, 2.75) is 110 Å². The third-order valence-electron chi connectivity index (χ3n) is 5.44. The van der Waals surface area contributed by atoms with Crippen LogP contribution in [0.25, 0.3) is 0 Å². The van der Waals surface area contributed by atoms with Gasteiger partial charge >= 0.3 is 5.97 Å². The Kier molecular flexibility index (Phi) is 28.7. The Labute approximate surface area is 204 Å². The van der Waals surface area contributed by atoms with Crippen LogP contribution in [-0.2, 0) is 28.5 Å². The summed E-state index contributed by atoms with van der Waals surface area (Å²) in [6.07, 6.45) is 17.6. The molecule has 0 rings (SSSR count). The molecule has 6 heteroatoms. The Morgan fingerprint density at radius 1 is 0.424 bits per heavy atom. The first-order valence-electron chi connectivity index (χ1n) is 13.8. The Hall–Kier alpha value is -0.690. The summed E-state index contributed by atoms with van der Waals surface area (Å²) in [5.74, 6) is -0.124. The van der Waals surface area contributed by atoms with Crippen molar-refractivity contribution in [3.8, 4) is 0 Å². The predicted molar refractivity (Wildman–Crippen MR) is 135 cm³/mol. The molecule has 0 heterocycles. The number of rotatable bonds is 28. The largest absolute Gasteiger partial charge is 0.466 e. The zero-order valence-electron chi connectivity index (χ0n) is 21.9. The lowest BCUT2D eigenvalue weighted by molar-refractivity contribution is -0.144. The second-order valence-electron chi connectivity index (χ2n) is 8.66. The van der Waals surface area contributed by atoms with Gasteiger partial charge in [-0.2, -0.15) is 0 Å². The number of hydrogen-bond acceptors (Lipinski definition) is 6. The minimum atomic E-state index is -0.124. The minimum absolute atomic E-state index is 0.124. The molecule has 6 nitrogen and oxygen atoms in total. The van der Waals surface area contributed by atoms with Gasteiger partial charge in [0.1, 0.15) is 0 Å². The summed E-state index contributed by atoms with van der Waals surface area (Å²) in [6, 6.07) is 0. The van der Waals surface area contributed by atoms with Crippen molar-refractivity contribution in [3.05, 3.63) is 0 Å². The molecule has 0 aromatic carbocycles. The summed E-state index contributed by atoms with van der Waals surface area (Å²) >= 11 is 0. The van der Waals surface area contributed by atoms with Gasteiger partial charge in [0.15, 0.2) is 0 Å². The van der Waals surface area contributed by atoms with Crippen molar-refractivity contribution in [1.29, 1.82) is 0 Å². The van der Waals surface area contributed by atoms with E-state index in [9.17, 15) is 4.79 Å². The summed E-state index contributed by atoms with van der Waals surface area (Å²) in [4.78, 5) is 11.6. The van der Waals surface area contributed by atoms with Crippen molar-refractivity contribution in [3.63, 3.8) is 0 Å². The monoisotopic (exact) mass is 474 g/mol. The van der Waals surface area contributed by atoms with E-state index in [-0.39, 0.29) is 5.97 Å². The quantitative estimate of drug-likeness (QED) is 0.0954. The van der Waals surface area contributed by atoms with Gasteiger partial charge in [-0.3, -0.25) is 4.79 Å². The lowest BCUT2D eigenvalue weighted by atomic mass is 10.1. The van der Waals surface area contributed by atoms with Crippen molar-refractivity contribution in [2.75, 3.05) is 59.5 Å². The molecule has 0 aliphatic heterocycles. The highest BCUT2D eigenvalue weighted by molar-refractivity contribution is 5.69. The molecule has 0 atom stereocenters. The van der Waals surface area contributed by atoms with Crippen LogP contribution in [0.4, 0.5) is 0 Å². The molecule has 0 fully saturated rings. The van der Waals surface area contributed by atoms with Crippen molar-refractivity contribution in [1.82, 2.24) is 0 Å². The van der Waals surface area contributed by atoms with E-state index < -0.39 is 0 Å². The predicted octanol–water partition coefficient (Wildman–Crippen LogP) is 6.49. The first kappa shape index (κ1) is 32.3. The maximum absolute atomic E-state index is 11.6. The second-order valence-corrected chi connectivity index (χ2v) is 8.66. The number of hydrogen-bond donors (Lipinski definition) is 0. The Balaban J connectivity index is 3.08. The van der Waals surface area contributed by atoms with E-state index >= 15 is 0 Å². The molecule has 0 N–H and O–H groups in total. The first-order chi connectivity index (χ1) is 16.3. The van der Waals surface area contributed by atoms with E-state index in [1.807, 2.05) is 0 Å². The van der Waals surface area contributed by atoms with Gasteiger partial charge in [0.05, 0.1) is 46.2 Å².